The van der Waals surface area contributed by atoms with E-state index >= 15 is 0 Å². The van der Waals surface area contributed by atoms with Gasteiger partial charge < -0.3 is 25.2 Å². The highest BCUT2D eigenvalue weighted by atomic mass is 16.5. The number of rotatable bonds is 5. The van der Waals surface area contributed by atoms with Crippen LogP contribution in [0.1, 0.15) is 51.9 Å². The van der Waals surface area contributed by atoms with Crippen LogP contribution in [0.2, 0.25) is 0 Å². The lowest BCUT2D eigenvalue weighted by molar-refractivity contribution is -0.154. The SMILES string of the molecule is COC(=O)C(C)NC(=O)C1CN(C(=O)C2CCNCC2)CCN1C(=O)C1CCCCC1. The Bertz CT molecular complexity index is 673. The summed E-state index contributed by atoms with van der Waals surface area (Å²) in [5.41, 5.74) is 0. The van der Waals surface area contributed by atoms with Crippen LogP contribution < -0.4 is 10.6 Å². The van der Waals surface area contributed by atoms with E-state index in [1.54, 1.807) is 16.7 Å². The molecule has 3 aliphatic rings. The minimum absolute atomic E-state index is 0.000429. The van der Waals surface area contributed by atoms with E-state index in [-0.39, 0.29) is 30.2 Å². The number of methoxy groups -OCH3 is 1. The van der Waals surface area contributed by atoms with Crippen molar-refractivity contribution in [1.82, 2.24) is 20.4 Å². The summed E-state index contributed by atoms with van der Waals surface area (Å²) >= 11 is 0. The molecule has 0 bridgehead atoms. The smallest absolute Gasteiger partial charge is 0.328 e. The molecule has 9 heteroatoms. The monoisotopic (exact) mass is 436 g/mol. The number of nitrogens with zero attached hydrogens (tertiary/aromatic N) is 2. The summed E-state index contributed by atoms with van der Waals surface area (Å²) in [6.07, 6.45) is 6.47. The Balaban J connectivity index is 1.73. The van der Waals surface area contributed by atoms with E-state index in [1.165, 1.54) is 7.11 Å². The molecule has 1 saturated carbocycles. The van der Waals surface area contributed by atoms with Crippen LogP contribution in [0.15, 0.2) is 0 Å². The normalized spacial score (nSPS) is 24.4. The van der Waals surface area contributed by atoms with Crippen molar-refractivity contribution in [3.63, 3.8) is 0 Å². The van der Waals surface area contributed by atoms with Gasteiger partial charge in [-0.25, -0.2) is 4.79 Å². The minimum Gasteiger partial charge on any atom is -0.467 e. The van der Waals surface area contributed by atoms with Crippen LogP contribution in [0.25, 0.3) is 0 Å². The molecule has 3 fully saturated rings. The number of piperazine rings is 1. The van der Waals surface area contributed by atoms with Crippen LogP contribution in [-0.4, -0.2) is 85.4 Å². The number of hydrogen-bond acceptors (Lipinski definition) is 6. The molecule has 2 atom stereocenters. The molecule has 1 aliphatic carbocycles. The fraction of sp³-hybridized carbons (Fsp3) is 0.818. The van der Waals surface area contributed by atoms with Crippen LogP contribution in [-0.2, 0) is 23.9 Å². The summed E-state index contributed by atoms with van der Waals surface area (Å²) in [4.78, 5) is 54.6. The highest BCUT2D eigenvalue weighted by molar-refractivity contribution is 5.92. The van der Waals surface area contributed by atoms with Gasteiger partial charge in [0.15, 0.2) is 0 Å². The lowest BCUT2D eigenvalue weighted by atomic mass is 9.87. The molecule has 0 aromatic heterocycles. The second-order valence-corrected chi connectivity index (χ2v) is 8.94. The molecule has 0 aromatic rings. The number of hydrogen-bond donors (Lipinski definition) is 2. The van der Waals surface area contributed by atoms with Crippen LogP contribution in [0.3, 0.4) is 0 Å². The van der Waals surface area contributed by atoms with Gasteiger partial charge in [-0.05, 0) is 45.7 Å². The molecule has 174 valence electrons. The Morgan fingerprint density at radius 2 is 1.58 bits per heavy atom. The minimum atomic E-state index is -0.820. The van der Waals surface area contributed by atoms with Crippen molar-refractivity contribution < 1.29 is 23.9 Å². The molecule has 0 radical (unpaired) electrons. The molecule has 0 spiro atoms. The quantitative estimate of drug-likeness (QED) is 0.600. The van der Waals surface area contributed by atoms with Gasteiger partial charge in [-0.15, -0.1) is 0 Å². The van der Waals surface area contributed by atoms with Crippen LogP contribution in [0.5, 0.6) is 0 Å². The Hall–Kier alpha value is -2.16. The molecule has 2 aliphatic heterocycles. The van der Waals surface area contributed by atoms with Crippen molar-refractivity contribution in [2.24, 2.45) is 11.8 Å². The van der Waals surface area contributed by atoms with Gasteiger partial charge in [0.25, 0.3) is 0 Å². The van der Waals surface area contributed by atoms with E-state index in [0.29, 0.717) is 13.1 Å². The molecular formula is C22H36N4O5. The lowest BCUT2D eigenvalue weighted by Crippen LogP contribution is -2.64. The third-order valence-electron chi connectivity index (χ3n) is 6.83. The molecule has 2 heterocycles. The fourth-order valence-corrected chi connectivity index (χ4v) is 4.93. The zero-order chi connectivity index (χ0) is 22.4. The molecule has 3 rings (SSSR count). The van der Waals surface area contributed by atoms with Gasteiger partial charge in [0.1, 0.15) is 12.1 Å². The number of ether oxygens (including phenoxy) is 1. The van der Waals surface area contributed by atoms with E-state index in [2.05, 4.69) is 10.6 Å². The van der Waals surface area contributed by atoms with E-state index in [4.69, 9.17) is 4.74 Å². The van der Waals surface area contributed by atoms with Gasteiger partial charge in [0.2, 0.25) is 17.7 Å². The summed E-state index contributed by atoms with van der Waals surface area (Å²) in [5.74, 6) is -1.00. The average molecular weight is 437 g/mol. The molecule has 3 amide bonds. The van der Waals surface area contributed by atoms with Gasteiger partial charge >= 0.3 is 5.97 Å². The van der Waals surface area contributed by atoms with Crippen LogP contribution in [0, 0.1) is 11.8 Å². The standard InChI is InChI=1S/C22H36N4O5/c1-15(22(30)31-2)24-19(27)18-14-25(20(28)17-8-10-23-11-9-17)12-13-26(18)21(29)16-6-4-3-5-7-16/h15-18,23H,3-14H2,1-2H3,(H,24,27). The second-order valence-electron chi connectivity index (χ2n) is 8.94. The Kier molecular flexibility index (Phi) is 8.28. The summed E-state index contributed by atoms with van der Waals surface area (Å²) in [6, 6.07) is -1.61. The van der Waals surface area contributed by atoms with Gasteiger partial charge in [-0.2, -0.15) is 0 Å². The van der Waals surface area contributed by atoms with Gasteiger partial charge in [0.05, 0.1) is 13.7 Å². The number of carbonyl (C=O) groups is 4. The first kappa shape index (κ1) is 23.5. The number of piperidine rings is 1. The molecule has 2 N–H and O–H groups in total. The lowest BCUT2D eigenvalue weighted by Gasteiger charge is -2.43. The molecule has 2 unspecified atom stereocenters. The Labute approximate surface area is 184 Å². The van der Waals surface area contributed by atoms with Crippen molar-refractivity contribution in [3.05, 3.63) is 0 Å². The maximum absolute atomic E-state index is 13.3. The number of amides is 3. The molecule has 2 saturated heterocycles. The second kappa shape index (κ2) is 10.9. The zero-order valence-electron chi connectivity index (χ0n) is 18.7. The summed E-state index contributed by atoms with van der Waals surface area (Å²) < 4.78 is 4.70. The number of nitrogens with one attached hydrogen (secondary N) is 2. The fourth-order valence-electron chi connectivity index (χ4n) is 4.93. The largest absolute Gasteiger partial charge is 0.467 e. The number of esters is 1. The predicted octanol–water partition coefficient (Wildman–Crippen LogP) is 0.283. The van der Waals surface area contributed by atoms with Crippen molar-refractivity contribution in [2.45, 2.75) is 64.0 Å². The summed E-state index contributed by atoms with van der Waals surface area (Å²) in [5, 5.41) is 5.94. The third-order valence-corrected chi connectivity index (χ3v) is 6.83. The predicted molar refractivity (Wildman–Crippen MR) is 114 cm³/mol. The maximum atomic E-state index is 13.3. The van der Waals surface area contributed by atoms with Crippen LogP contribution in [0.4, 0.5) is 0 Å². The van der Waals surface area contributed by atoms with E-state index in [9.17, 15) is 19.2 Å². The Morgan fingerprint density at radius 3 is 2.23 bits per heavy atom. The molecule has 31 heavy (non-hydrogen) atoms. The summed E-state index contributed by atoms with van der Waals surface area (Å²) in [7, 11) is 1.27. The van der Waals surface area contributed by atoms with Crippen molar-refractivity contribution in [1.29, 1.82) is 0 Å². The first-order valence-electron chi connectivity index (χ1n) is 11.6. The third kappa shape index (κ3) is 5.75. The first-order valence-corrected chi connectivity index (χ1v) is 11.6. The van der Waals surface area contributed by atoms with Crippen molar-refractivity contribution >= 4 is 23.7 Å². The highest BCUT2D eigenvalue weighted by Gasteiger charge is 2.41. The van der Waals surface area contributed by atoms with Gasteiger partial charge in [0, 0.05) is 24.9 Å². The van der Waals surface area contributed by atoms with E-state index in [1.807, 2.05) is 0 Å². The Morgan fingerprint density at radius 1 is 0.935 bits per heavy atom. The molecule has 9 nitrogen and oxygen atoms in total. The van der Waals surface area contributed by atoms with E-state index in [0.717, 1.165) is 58.0 Å². The average Bonchev–Trinajstić information content (AvgIpc) is 2.83. The molecule has 0 aromatic carbocycles. The summed E-state index contributed by atoms with van der Waals surface area (Å²) in [6.45, 7) is 4.14. The topological polar surface area (TPSA) is 108 Å². The van der Waals surface area contributed by atoms with Crippen LogP contribution >= 0.6 is 0 Å². The number of carbonyl (C=O) groups excluding carboxylic acids is 4. The van der Waals surface area contributed by atoms with E-state index < -0.39 is 24.0 Å². The van der Waals surface area contributed by atoms with Crippen molar-refractivity contribution in [2.75, 3.05) is 39.8 Å². The first-order chi connectivity index (χ1) is 14.9. The maximum Gasteiger partial charge on any atom is 0.328 e. The zero-order valence-corrected chi connectivity index (χ0v) is 18.7. The van der Waals surface area contributed by atoms with Gasteiger partial charge in [-0.3, -0.25) is 14.4 Å². The van der Waals surface area contributed by atoms with Gasteiger partial charge in [-0.1, -0.05) is 19.3 Å². The highest BCUT2D eigenvalue weighted by Crippen LogP contribution is 2.27. The van der Waals surface area contributed by atoms with Crippen molar-refractivity contribution in [3.8, 4) is 0 Å². The molecular weight excluding hydrogens is 400 g/mol.